The van der Waals surface area contributed by atoms with Crippen LogP contribution in [0.5, 0.6) is 11.5 Å². The van der Waals surface area contributed by atoms with E-state index >= 15 is 0 Å². The highest BCUT2D eigenvalue weighted by Gasteiger charge is 2.14. The first-order valence-electron chi connectivity index (χ1n) is 10.1. The maximum atomic E-state index is 9.63. The van der Waals surface area contributed by atoms with Crippen molar-refractivity contribution in [2.75, 3.05) is 13.2 Å². The van der Waals surface area contributed by atoms with Gasteiger partial charge in [0, 0.05) is 6.54 Å². The van der Waals surface area contributed by atoms with E-state index in [0.29, 0.717) is 19.8 Å². The highest BCUT2D eigenvalue weighted by atomic mass is 16.5. The quantitative estimate of drug-likeness (QED) is 0.399. The molecule has 5 heteroatoms. The number of benzene rings is 2. The van der Waals surface area contributed by atoms with Gasteiger partial charge in [-0.05, 0) is 44.4 Å². The largest absolute Gasteiger partial charge is 0.490 e. The van der Waals surface area contributed by atoms with Gasteiger partial charge in [-0.3, -0.25) is 4.90 Å². The Balaban J connectivity index is 1.66. The van der Waals surface area contributed by atoms with Gasteiger partial charge in [-0.15, -0.1) is 0 Å². The lowest BCUT2D eigenvalue weighted by molar-refractivity contribution is -0.0844. The monoisotopic (exact) mass is 387 g/mol. The number of aliphatic hydroxyl groups is 2. The van der Waals surface area contributed by atoms with Crippen molar-refractivity contribution in [3.63, 3.8) is 0 Å². The maximum absolute atomic E-state index is 9.63. The average Bonchev–Trinajstić information content (AvgIpc) is 2.69. The molecule has 0 saturated heterocycles. The van der Waals surface area contributed by atoms with E-state index in [0.717, 1.165) is 42.7 Å². The van der Waals surface area contributed by atoms with Crippen molar-refractivity contribution in [1.82, 2.24) is 4.90 Å². The highest BCUT2D eigenvalue weighted by molar-refractivity contribution is 5.39. The van der Waals surface area contributed by atoms with Gasteiger partial charge in [0.15, 0.2) is 11.5 Å². The molecule has 2 rings (SSSR count). The maximum Gasteiger partial charge on any atom is 0.161 e. The lowest BCUT2D eigenvalue weighted by atomic mass is 10.2. The molecule has 0 aliphatic carbocycles. The third-order valence-electron chi connectivity index (χ3n) is 4.61. The third-order valence-corrected chi connectivity index (χ3v) is 4.61. The summed E-state index contributed by atoms with van der Waals surface area (Å²) in [5, 5.41) is 19.3. The predicted molar refractivity (Wildman–Crippen MR) is 111 cm³/mol. The Bertz CT molecular complexity index is 653. The van der Waals surface area contributed by atoms with Crippen LogP contribution in [0.25, 0.3) is 0 Å². The van der Waals surface area contributed by atoms with Crippen molar-refractivity contribution in [3.8, 4) is 11.5 Å². The number of hydrogen-bond acceptors (Lipinski definition) is 5. The van der Waals surface area contributed by atoms with Crippen molar-refractivity contribution in [2.24, 2.45) is 0 Å². The van der Waals surface area contributed by atoms with Gasteiger partial charge >= 0.3 is 0 Å². The molecule has 2 unspecified atom stereocenters. The van der Waals surface area contributed by atoms with Crippen LogP contribution in [-0.2, 0) is 6.61 Å². The van der Waals surface area contributed by atoms with Crippen molar-refractivity contribution in [1.29, 1.82) is 0 Å². The van der Waals surface area contributed by atoms with E-state index in [1.165, 1.54) is 0 Å². The second-order valence-corrected chi connectivity index (χ2v) is 6.99. The number of ether oxygens (including phenoxy) is 2. The van der Waals surface area contributed by atoms with Gasteiger partial charge in [-0.2, -0.15) is 0 Å². The first-order valence-corrected chi connectivity index (χ1v) is 10.1. The Morgan fingerprint density at radius 3 is 1.96 bits per heavy atom. The molecule has 0 aliphatic heterocycles. The predicted octanol–water partition coefficient (Wildman–Crippen LogP) is 4.18. The molecule has 0 spiro atoms. The van der Waals surface area contributed by atoms with Crippen LogP contribution >= 0.6 is 0 Å². The summed E-state index contributed by atoms with van der Waals surface area (Å²) in [5.41, 5.74) is 1.13. The summed E-state index contributed by atoms with van der Waals surface area (Å²) < 4.78 is 11.8. The molecule has 2 aromatic rings. The highest BCUT2D eigenvalue weighted by Crippen LogP contribution is 2.27. The molecule has 5 nitrogen and oxygen atoms in total. The average molecular weight is 388 g/mol. The third kappa shape index (κ3) is 7.89. The van der Waals surface area contributed by atoms with Gasteiger partial charge < -0.3 is 19.7 Å². The van der Waals surface area contributed by atoms with Crippen molar-refractivity contribution in [3.05, 3.63) is 60.2 Å². The molecule has 0 aliphatic rings. The fraction of sp³-hybridized carbons (Fsp3) is 0.478. The van der Waals surface area contributed by atoms with E-state index in [-0.39, 0.29) is 0 Å². The molecule has 0 radical (unpaired) electrons. The number of aliphatic hydroxyl groups excluding tert-OH is 2. The molecule has 154 valence electrons. The van der Waals surface area contributed by atoms with Gasteiger partial charge in [0.1, 0.15) is 19.1 Å². The van der Waals surface area contributed by atoms with Crippen LogP contribution in [0.1, 0.15) is 45.1 Å². The van der Waals surface area contributed by atoms with E-state index in [1.54, 1.807) is 18.7 Å². The molecule has 2 atom stereocenters. The molecule has 0 aromatic heterocycles. The van der Waals surface area contributed by atoms with Crippen molar-refractivity contribution in [2.45, 2.75) is 58.6 Å². The normalized spacial score (nSPS) is 13.3. The summed E-state index contributed by atoms with van der Waals surface area (Å²) in [6.07, 6.45) is 2.71. The minimum Gasteiger partial charge on any atom is -0.490 e. The second-order valence-electron chi connectivity index (χ2n) is 6.99. The van der Waals surface area contributed by atoms with Crippen LogP contribution in [0.3, 0.4) is 0 Å². The smallest absolute Gasteiger partial charge is 0.161 e. The Morgan fingerprint density at radius 2 is 1.32 bits per heavy atom. The Hall–Kier alpha value is -2.08. The summed E-state index contributed by atoms with van der Waals surface area (Å²) in [5.74, 6) is 1.53. The minimum atomic E-state index is -0.629. The van der Waals surface area contributed by atoms with E-state index < -0.39 is 12.5 Å². The van der Waals surface area contributed by atoms with Gasteiger partial charge in [0.2, 0.25) is 0 Å². The van der Waals surface area contributed by atoms with E-state index in [4.69, 9.17) is 9.47 Å². The lowest BCUT2D eigenvalue weighted by Gasteiger charge is -2.27. The summed E-state index contributed by atoms with van der Waals surface area (Å²) in [4.78, 5) is 1.68. The molecule has 0 heterocycles. The molecule has 0 fully saturated rings. The number of para-hydroxylation sites is 2. The SMILES string of the molecule is CC(O)N(CCCCCCOc1ccccc1OCc1ccccc1)C(C)O. The van der Waals surface area contributed by atoms with Crippen molar-refractivity contribution >= 4 is 0 Å². The Morgan fingerprint density at radius 1 is 0.750 bits per heavy atom. The van der Waals surface area contributed by atoms with Crippen LogP contribution in [-0.4, -0.2) is 40.7 Å². The lowest BCUT2D eigenvalue weighted by Crippen LogP contribution is -2.40. The summed E-state index contributed by atoms with van der Waals surface area (Å²) in [6, 6.07) is 17.8. The van der Waals surface area contributed by atoms with E-state index in [9.17, 15) is 10.2 Å². The molecule has 0 bridgehead atoms. The fourth-order valence-electron chi connectivity index (χ4n) is 3.04. The molecular formula is C23H33NO4. The number of rotatable bonds is 13. The van der Waals surface area contributed by atoms with Gasteiger partial charge in [-0.1, -0.05) is 55.3 Å². The van der Waals surface area contributed by atoms with Crippen LogP contribution in [0.15, 0.2) is 54.6 Å². The molecule has 2 aromatic carbocycles. The molecular weight excluding hydrogens is 354 g/mol. The van der Waals surface area contributed by atoms with Crippen LogP contribution < -0.4 is 9.47 Å². The summed E-state index contributed by atoms with van der Waals surface area (Å²) in [7, 11) is 0. The van der Waals surface area contributed by atoms with Crippen LogP contribution in [0, 0.1) is 0 Å². The van der Waals surface area contributed by atoms with Crippen LogP contribution in [0.2, 0.25) is 0 Å². The number of unbranched alkanes of at least 4 members (excludes halogenated alkanes) is 3. The Kier molecular flexibility index (Phi) is 9.83. The molecule has 0 saturated carbocycles. The van der Waals surface area contributed by atoms with Gasteiger partial charge in [0.25, 0.3) is 0 Å². The van der Waals surface area contributed by atoms with E-state index in [2.05, 4.69) is 0 Å². The molecule has 28 heavy (non-hydrogen) atoms. The summed E-state index contributed by atoms with van der Waals surface area (Å²) in [6.45, 7) is 5.20. The second kappa shape index (κ2) is 12.4. The zero-order chi connectivity index (χ0) is 20.2. The van der Waals surface area contributed by atoms with E-state index in [1.807, 2.05) is 54.6 Å². The topological polar surface area (TPSA) is 62.2 Å². The molecule has 2 N–H and O–H groups in total. The minimum absolute atomic E-state index is 0.518. The van der Waals surface area contributed by atoms with Crippen LogP contribution in [0.4, 0.5) is 0 Å². The number of hydrogen-bond donors (Lipinski definition) is 2. The first-order chi connectivity index (χ1) is 13.6. The first kappa shape index (κ1) is 22.2. The Labute approximate surface area is 168 Å². The van der Waals surface area contributed by atoms with Gasteiger partial charge in [-0.25, -0.2) is 0 Å². The standard InChI is InChI=1S/C23H33NO4/c1-19(25)24(20(2)26)16-10-3-4-11-17-27-22-14-8-9-15-23(22)28-18-21-12-6-5-7-13-21/h5-9,12-15,19-20,25-26H,3-4,10-11,16-18H2,1-2H3. The number of nitrogens with zero attached hydrogens (tertiary/aromatic N) is 1. The van der Waals surface area contributed by atoms with Crippen molar-refractivity contribution < 1.29 is 19.7 Å². The molecule has 0 amide bonds. The zero-order valence-electron chi connectivity index (χ0n) is 17.0. The fourth-order valence-corrected chi connectivity index (χ4v) is 3.04. The zero-order valence-corrected chi connectivity index (χ0v) is 17.0. The van der Waals surface area contributed by atoms with Gasteiger partial charge in [0.05, 0.1) is 6.61 Å². The summed E-state index contributed by atoms with van der Waals surface area (Å²) >= 11 is 0.